The number of rotatable bonds is 3. The number of carbonyl (C=O) groups excluding carboxylic acids is 1. The quantitative estimate of drug-likeness (QED) is 0.466. The second-order valence-corrected chi connectivity index (χ2v) is 7.55. The van der Waals surface area contributed by atoms with Crippen LogP contribution in [0.25, 0.3) is 32.8 Å². The molecule has 0 spiro atoms. The van der Waals surface area contributed by atoms with Crippen LogP contribution >= 0.6 is 0 Å². The van der Waals surface area contributed by atoms with Crippen molar-refractivity contribution in [1.82, 2.24) is 15.2 Å². The fourth-order valence-electron chi connectivity index (χ4n) is 3.77. The molecule has 142 valence electrons. The van der Waals surface area contributed by atoms with Crippen molar-refractivity contribution in [2.45, 2.75) is 13.3 Å². The van der Waals surface area contributed by atoms with Crippen molar-refractivity contribution in [2.75, 3.05) is 11.1 Å². The molecular weight excluding hydrogens is 364 g/mol. The number of aromatic nitrogens is 3. The number of nitrogens with two attached hydrogens (primary N) is 1. The molecule has 1 aliphatic rings. The molecule has 4 aromatic rings. The van der Waals surface area contributed by atoms with Gasteiger partial charge in [0.05, 0.1) is 29.6 Å². The van der Waals surface area contributed by atoms with E-state index in [9.17, 15) is 4.79 Å². The lowest BCUT2D eigenvalue weighted by atomic mass is 9.96. The van der Waals surface area contributed by atoms with E-state index in [2.05, 4.69) is 45.6 Å². The maximum atomic E-state index is 12.2. The van der Waals surface area contributed by atoms with Crippen LogP contribution in [-0.4, -0.2) is 21.1 Å². The van der Waals surface area contributed by atoms with Crippen molar-refractivity contribution < 1.29 is 4.79 Å². The molecule has 1 aliphatic carbocycles. The van der Waals surface area contributed by atoms with Crippen LogP contribution in [0.3, 0.4) is 0 Å². The Balaban J connectivity index is 1.54. The van der Waals surface area contributed by atoms with E-state index in [1.54, 1.807) is 12.4 Å². The molecule has 29 heavy (non-hydrogen) atoms. The molecule has 1 fully saturated rings. The lowest BCUT2D eigenvalue weighted by molar-refractivity contribution is -0.117. The summed E-state index contributed by atoms with van der Waals surface area (Å²) >= 11 is 0. The highest BCUT2D eigenvalue weighted by Gasteiger charge is 2.43. The summed E-state index contributed by atoms with van der Waals surface area (Å²) in [4.78, 5) is 16.6. The molecular formula is C22H18N6O. The molecule has 1 saturated carbocycles. The van der Waals surface area contributed by atoms with Gasteiger partial charge in [-0.1, -0.05) is 0 Å². The molecule has 0 saturated heterocycles. The standard InChI is InChI=1S/C22H18N6O/c1-11-2-20-15(9-26-28-20)5-16(11)12-3-13-7-21(25-10-18(13)19(24)6-12)27-22(29)17-4-14(17)8-23/h2-3,5-7,9-10,14,17H,4,24H2,1H3,(H,26,28)(H,25,27,29)/t14?,17-/m0/s1. The van der Waals surface area contributed by atoms with Crippen molar-refractivity contribution in [2.24, 2.45) is 11.8 Å². The number of pyridine rings is 1. The van der Waals surface area contributed by atoms with Crippen LogP contribution in [0.4, 0.5) is 11.5 Å². The van der Waals surface area contributed by atoms with Crippen LogP contribution in [0.15, 0.2) is 42.7 Å². The number of H-pyrrole nitrogens is 1. The minimum absolute atomic E-state index is 0.159. The second-order valence-electron chi connectivity index (χ2n) is 7.55. The summed E-state index contributed by atoms with van der Waals surface area (Å²) in [6.07, 6.45) is 4.08. The number of fused-ring (bicyclic) bond motifs is 2. The Kier molecular flexibility index (Phi) is 3.74. The lowest BCUT2D eigenvalue weighted by Crippen LogP contribution is -2.15. The number of hydrogen-bond donors (Lipinski definition) is 3. The molecule has 2 heterocycles. The van der Waals surface area contributed by atoms with E-state index in [-0.39, 0.29) is 17.7 Å². The number of nitrogens with one attached hydrogen (secondary N) is 2. The van der Waals surface area contributed by atoms with Crippen LogP contribution in [0.5, 0.6) is 0 Å². The maximum absolute atomic E-state index is 12.2. The van der Waals surface area contributed by atoms with Crippen molar-refractivity contribution >= 4 is 39.1 Å². The van der Waals surface area contributed by atoms with Crippen LogP contribution in [0, 0.1) is 30.1 Å². The molecule has 2 atom stereocenters. The Bertz CT molecular complexity index is 1330. The average Bonchev–Trinajstić information content (AvgIpc) is 3.37. The Morgan fingerprint density at radius 3 is 2.90 bits per heavy atom. The van der Waals surface area contributed by atoms with E-state index in [0.717, 1.165) is 38.4 Å². The van der Waals surface area contributed by atoms with Gasteiger partial charge in [0.15, 0.2) is 0 Å². The van der Waals surface area contributed by atoms with Crippen molar-refractivity contribution in [3.8, 4) is 17.2 Å². The number of benzene rings is 2. The topological polar surface area (TPSA) is 120 Å². The summed E-state index contributed by atoms with van der Waals surface area (Å²) in [5, 5.41) is 21.6. The Hall–Kier alpha value is -3.92. The highest BCUT2D eigenvalue weighted by molar-refractivity contribution is 6.01. The Morgan fingerprint density at radius 1 is 1.24 bits per heavy atom. The van der Waals surface area contributed by atoms with Crippen LogP contribution in [0.1, 0.15) is 12.0 Å². The fraction of sp³-hybridized carbons (Fsp3) is 0.182. The average molecular weight is 382 g/mol. The smallest absolute Gasteiger partial charge is 0.230 e. The number of carbonyl (C=O) groups is 1. The number of nitrogens with zero attached hydrogens (tertiary/aromatic N) is 3. The van der Waals surface area contributed by atoms with Gasteiger partial charge in [-0.15, -0.1) is 0 Å². The number of aryl methyl sites for hydroxylation is 1. The number of amides is 1. The molecule has 4 N–H and O–H groups in total. The van der Waals surface area contributed by atoms with Gasteiger partial charge >= 0.3 is 0 Å². The van der Waals surface area contributed by atoms with Gasteiger partial charge < -0.3 is 11.1 Å². The summed E-state index contributed by atoms with van der Waals surface area (Å²) in [7, 11) is 0. The predicted molar refractivity (Wildman–Crippen MR) is 112 cm³/mol. The van der Waals surface area contributed by atoms with Gasteiger partial charge in [0.2, 0.25) is 5.91 Å². The summed E-state index contributed by atoms with van der Waals surface area (Å²) in [6.45, 7) is 2.05. The number of anilines is 2. The number of nitrogen functional groups attached to an aromatic ring is 1. The highest BCUT2D eigenvalue weighted by Crippen LogP contribution is 2.39. The van der Waals surface area contributed by atoms with Gasteiger partial charge in [0.25, 0.3) is 0 Å². The third kappa shape index (κ3) is 2.95. The zero-order chi connectivity index (χ0) is 20.1. The van der Waals surface area contributed by atoms with Gasteiger partial charge in [-0.25, -0.2) is 4.98 Å². The summed E-state index contributed by atoms with van der Waals surface area (Å²) in [5.74, 6) is -0.116. The van der Waals surface area contributed by atoms with Gasteiger partial charge in [-0.2, -0.15) is 10.4 Å². The summed E-state index contributed by atoms with van der Waals surface area (Å²) in [6, 6.07) is 12.1. The predicted octanol–water partition coefficient (Wildman–Crippen LogP) is 3.77. The summed E-state index contributed by atoms with van der Waals surface area (Å²) < 4.78 is 0. The van der Waals surface area contributed by atoms with E-state index in [1.165, 1.54) is 0 Å². The SMILES string of the molecule is Cc1cc2[nH]ncc2cc1-c1cc(N)c2cnc(NC(=O)[C@H]3CC3C#N)cc2c1. The molecule has 0 radical (unpaired) electrons. The molecule has 1 amide bonds. The minimum Gasteiger partial charge on any atom is -0.398 e. The Morgan fingerprint density at radius 2 is 2.10 bits per heavy atom. The van der Waals surface area contributed by atoms with Crippen LogP contribution < -0.4 is 11.1 Å². The first-order chi connectivity index (χ1) is 14.0. The van der Waals surface area contributed by atoms with E-state index in [1.807, 2.05) is 18.2 Å². The number of hydrogen-bond acceptors (Lipinski definition) is 5. The maximum Gasteiger partial charge on any atom is 0.230 e. The minimum atomic E-state index is -0.238. The first-order valence-electron chi connectivity index (χ1n) is 9.37. The van der Waals surface area contributed by atoms with Gasteiger partial charge in [-0.3, -0.25) is 9.89 Å². The normalized spacial score (nSPS) is 17.9. The Labute approximate surface area is 166 Å². The van der Waals surface area contributed by atoms with E-state index in [4.69, 9.17) is 11.0 Å². The second kappa shape index (κ2) is 6.31. The highest BCUT2D eigenvalue weighted by atomic mass is 16.2. The first-order valence-corrected chi connectivity index (χ1v) is 9.37. The van der Waals surface area contributed by atoms with Crippen molar-refractivity contribution in [3.63, 3.8) is 0 Å². The molecule has 7 nitrogen and oxygen atoms in total. The van der Waals surface area contributed by atoms with E-state index < -0.39 is 0 Å². The van der Waals surface area contributed by atoms with Crippen molar-refractivity contribution in [1.29, 1.82) is 5.26 Å². The zero-order valence-electron chi connectivity index (χ0n) is 15.7. The monoisotopic (exact) mass is 382 g/mol. The molecule has 7 heteroatoms. The van der Waals surface area contributed by atoms with Gasteiger partial charge in [0.1, 0.15) is 5.82 Å². The molecule has 2 aromatic carbocycles. The molecule has 0 aliphatic heterocycles. The largest absolute Gasteiger partial charge is 0.398 e. The summed E-state index contributed by atoms with van der Waals surface area (Å²) in [5.41, 5.74) is 11.1. The van der Waals surface area contributed by atoms with Crippen LogP contribution in [-0.2, 0) is 4.79 Å². The number of aromatic amines is 1. The van der Waals surface area contributed by atoms with Crippen LogP contribution in [0.2, 0.25) is 0 Å². The van der Waals surface area contributed by atoms with Gasteiger partial charge in [-0.05, 0) is 65.8 Å². The zero-order valence-corrected chi connectivity index (χ0v) is 15.7. The first kappa shape index (κ1) is 17.2. The number of nitriles is 1. The third-order valence-electron chi connectivity index (χ3n) is 5.51. The molecule has 2 aromatic heterocycles. The molecule has 1 unspecified atom stereocenters. The molecule has 0 bridgehead atoms. The van der Waals surface area contributed by atoms with E-state index in [0.29, 0.717) is 17.9 Å². The van der Waals surface area contributed by atoms with E-state index >= 15 is 0 Å². The fourth-order valence-corrected chi connectivity index (χ4v) is 3.77. The third-order valence-corrected chi connectivity index (χ3v) is 5.51. The molecule has 5 rings (SSSR count). The lowest BCUT2D eigenvalue weighted by Gasteiger charge is -2.11. The van der Waals surface area contributed by atoms with Crippen molar-refractivity contribution in [3.05, 3.63) is 48.3 Å². The van der Waals surface area contributed by atoms with Gasteiger partial charge in [0, 0.05) is 22.7 Å².